The second kappa shape index (κ2) is 5.96. The molecule has 0 unspecified atom stereocenters. The minimum Gasteiger partial charge on any atom is -0.406 e. The molecule has 0 saturated heterocycles. The average Bonchev–Trinajstić information content (AvgIpc) is 2.37. The predicted molar refractivity (Wildman–Crippen MR) is 76.5 cm³/mol. The number of hydrogen-bond acceptors (Lipinski definition) is 4. The van der Waals surface area contributed by atoms with Gasteiger partial charge < -0.3 is 15.8 Å². The number of anilines is 2. The van der Waals surface area contributed by atoms with Gasteiger partial charge >= 0.3 is 6.36 Å². The Morgan fingerprint density at radius 1 is 1.19 bits per heavy atom. The van der Waals surface area contributed by atoms with E-state index in [1.807, 2.05) is 0 Å². The third kappa shape index (κ3) is 4.60. The summed E-state index contributed by atoms with van der Waals surface area (Å²) in [5.41, 5.74) is 6.90. The van der Waals surface area contributed by atoms with Crippen molar-refractivity contribution in [2.45, 2.75) is 6.36 Å². The van der Waals surface area contributed by atoms with Gasteiger partial charge in [-0.3, -0.25) is 4.98 Å². The standard InChI is InChI=1S/C13H10F3N3OS/c14-13(15,16)20-10-3-1-2-8(6-10)19-9-4-5-11(12(17)21)18-7-9/h1-7,19H,(H2,17,21). The number of alkyl halides is 3. The van der Waals surface area contributed by atoms with Crippen LogP contribution in [0.4, 0.5) is 24.5 Å². The topological polar surface area (TPSA) is 60.2 Å². The Balaban J connectivity index is 2.12. The minimum atomic E-state index is -4.72. The Bertz CT molecular complexity index is 644. The highest BCUT2D eigenvalue weighted by atomic mass is 32.1. The van der Waals surface area contributed by atoms with Crippen LogP contribution in [0.5, 0.6) is 5.75 Å². The second-order valence-electron chi connectivity index (χ2n) is 4.00. The SMILES string of the molecule is NC(=S)c1ccc(Nc2cccc(OC(F)(F)F)c2)cn1. The first-order chi connectivity index (χ1) is 9.83. The Kier molecular flexibility index (Phi) is 4.27. The average molecular weight is 313 g/mol. The lowest BCUT2D eigenvalue weighted by Gasteiger charge is -2.11. The highest BCUT2D eigenvalue weighted by molar-refractivity contribution is 7.80. The molecule has 0 amide bonds. The quantitative estimate of drug-likeness (QED) is 0.848. The number of ether oxygens (including phenoxy) is 1. The van der Waals surface area contributed by atoms with Crippen LogP contribution in [0.15, 0.2) is 42.6 Å². The Hall–Kier alpha value is -2.35. The number of nitrogens with two attached hydrogens (primary N) is 1. The lowest BCUT2D eigenvalue weighted by molar-refractivity contribution is -0.274. The smallest absolute Gasteiger partial charge is 0.406 e. The van der Waals surface area contributed by atoms with Gasteiger partial charge in [0.1, 0.15) is 10.7 Å². The second-order valence-corrected chi connectivity index (χ2v) is 4.44. The summed E-state index contributed by atoms with van der Waals surface area (Å²) in [6.45, 7) is 0. The minimum absolute atomic E-state index is 0.169. The lowest BCUT2D eigenvalue weighted by atomic mass is 10.2. The van der Waals surface area contributed by atoms with E-state index < -0.39 is 6.36 Å². The molecule has 4 nitrogen and oxygen atoms in total. The number of hydrogen-bond donors (Lipinski definition) is 2. The van der Waals surface area contributed by atoms with E-state index in [2.05, 4.69) is 15.0 Å². The molecule has 0 spiro atoms. The first-order valence-corrected chi connectivity index (χ1v) is 6.13. The van der Waals surface area contributed by atoms with Gasteiger partial charge in [0.05, 0.1) is 17.6 Å². The van der Waals surface area contributed by atoms with E-state index in [1.165, 1.54) is 24.4 Å². The summed E-state index contributed by atoms with van der Waals surface area (Å²) in [6.07, 6.45) is -3.25. The van der Waals surface area contributed by atoms with Crippen LogP contribution in [0, 0.1) is 0 Å². The maximum atomic E-state index is 12.1. The summed E-state index contributed by atoms with van der Waals surface area (Å²) in [5.74, 6) is -0.305. The molecule has 0 bridgehead atoms. The van der Waals surface area contributed by atoms with Crippen LogP contribution >= 0.6 is 12.2 Å². The zero-order chi connectivity index (χ0) is 15.5. The van der Waals surface area contributed by atoms with Crippen LogP contribution in [-0.2, 0) is 0 Å². The maximum absolute atomic E-state index is 12.1. The van der Waals surface area contributed by atoms with Crippen molar-refractivity contribution in [2.24, 2.45) is 5.73 Å². The Labute approximate surface area is 123 Å². The Morgan fingerprint density at radius 3 is 2.52 bits per heavy atom. The van der Waals surface area contributed by atoms with Crippen LogP contribution in [-0.4, -0.2) is 16.3 Å². The fourth-order valence-corrected chi connectivity index (χ4v) is 1.67. The van der Waals surface area contributed by atoms with Crippen molar-refractivity contribution in [3.05, 3.63) is 48.3 Å². The summed E-state index contributed by atoms with van der Waals surface area (Å²) in [4.78, 5) is 4.18. The lowest BCUT2D eigenvalue weighted by Crippen LogP contribution is -2.17. The van der Waals surface area contributed by atoms with Gasteiger partial charge in [-0.1, -0.05) is 18.3 Å². The van der Waals surface area contributed by atoms with Crippen LogP contribution in [0.2, 0.25) is 0 Å². The van der Waals surface area contributed by atoms with Crippen molar-refractivity contribution in [3.63, 3.8) is 0 Å². The highest BCUT2D eigenvalue weighted by Gasteiger charge is 2.31. The molecule has 21 heavy (non-hydrogen) atoms. The number of nitrogens with zero attached hydrogens (tertiary/aromatic N) is 1. The van der Waals surface area contributed by atoms with E-state index in [0.717, 1.165) is 0 Å². The van der Waals surface area contributed by atoms with E-state index in [4.69, 9.17) is 18.0 Å². The maximum Gasteiger partial charge on any atom is 0.573 e. The number of benzene rings is 1. The largest absolute Gasteiger partial charge is 0.573 e. The van der Waals surface area contributed by atoms with E-state index in [1.54, 1.807) is 18.2 Å². The number of aromatic nitrogens is 1. The fraction of sp³-hybridized carbons (Fsp3) is 0.0769. The molecule has 0 saturated carbocycles. The number of thiocarbonyl (C=S) groups is 1. The molecule has 0 atom stereocenters. The summed E-state index contributed by atoms with van der Waals surface area (Å²) in [7, 11) is 0. The van der Waals surface area contributed by atoms with Gasteiger partial charge in [-0.05, 0) is 24.3 Å². The normalized spacial score (nSPS) is 11.0. The Morgan fingerprint density at radius 2 is 1.95 bits per heavy atom. The molecule has 0 radical (unpaired) electrons. The molecule has 0 aliphatic heterocycles. The van der Waals surface area contributed by atoms with Gasteiger partial charge in [-0.15, -0.1) is 13.2 Å². The molecule has 0 aliphatic rings. The zero-order valence-corrected chi connectivity index (χ0v) is 11.3. The van der Waals surface area contributed by atoms with Crippen molar-refractivity contribution in [1.29, 1.82) is 0 Å². The zero-order valence-electron chi connectivity index (χ0n) is 10.5. The van der Waals surface area contributed by atoms with Crippen LogP contribution in [0.1, 0.15) is 5.69 Å². The van der Waals surface area contributed by atoms with E-state index in [-0.39, 0.29) is 10.7 Å². The monoisotopic (exact) mass is 313 g/mol. The highest BCUT2D eigenvalue weighted by Crippen LogP contribution is 2.26. The van der Waals surface area contributed by atoms with Crippen molar-refractivity contribution in [1.82, 2.24) is 4.98 Å². The van der Waals surface area contributed by atoms with Crippen molar-refractivity contribution >= 4 is 28.6 Å². The van der Waals surface area contributed by atoms with Crippen LogP contribution in [0.3, 0.4) is 0 Å². The van der Waals surface area contributed by atoms with Gasteiger partial charge in [0.25, 0.3) is 0 Å². The summed E-state index contributed by atoms with van der Waals surface area (Å²) in [5, 5.41) is 2.90. The molecule has 110 valence electrons. The van der Waals surface area contributed by atoms with Gasteiger partial charge in [0.15, 0.2) is 0 Å². The molecule has 0 fully saturated rings. The van der Waals surface area contributed by atoms with Crippen molar-refractivity contribution < 1.29 is 17.9 Å². The van der Waals surface area contributed by atoms with E-state index in [9.17, 15) is 13.2 Å². The molecule has 1 aromatic heterocycles. The van der Waals surface area contributed by atoms with E-state index >= 15 is 0 Å². The third-order valence-electron chi connectivity index (χ3n) is 2.37. The fourth-order valence-electron chi connectivity index (χ4n) is 1.55. The molecule has 1 heterocycles. The first-order valence-electron chi connectivity index (χ1n) is 5.72. The van der Waals surface area contributed by atoms with Crippen LogP contribution in [0.25, 0.3) is 0 Å². The van der Waals surface area contributed by atoms with Crippen molar-refractivity contribution in [2.75, 3.05) is 5.32 Å². The summed E-state index contributed by atoms with van der Waals surface area (Å²) in [6, 6.07) is 8.77. The molecule has 8 heteroatoms. The molecular weight excluding hydrogens is 303 g/mol. The first kappa shape index (κ1) is 15.0. The van der Waals surface area contributed by atoms with E-state index in [0.29, 0.717) is 17.1 Å². The van der Waals surface area contributed by atoms with Crippen LogP contribution < -0.4 is 15.8 Å². The number of rotatable bonds is 4. The predicted octanol–water partition coefficient (Wildman–Crippen LogP) is 3.36. The van der Waals surface area contributed by atoms with Gasteiger partial charge in [-0.2, -0.15) is 0 Å². The number of pyridine rings is 1. The molecule has 0 aliphatic carbocycles. The number of nitrogens with one attached hydrogen (secondary N) is 1. The third-order valence-corrected chi connectivity index (χ3v) is 2.58. The molecule has 3 N–H and O–H groups in total. The molecule has 2 rings (SSSR count). The molecular formula is C13H10F3N3OS. The number of halogens is 3. The summed E-state index contributed by atoms with van der Waals surface area (Å²) >= 11 is 4.77. The molecule has 2 aromatic rings. The molecule has 1 aromatic carbocycles. The van der Waals surface area contributed by atoms with Gasteiger partial charge in [-0.25, -0.2) is 0 Å². The summed E-state index contributed by atoms with van der Waals surface area (Å²) < 4.78 is 40.3. The van der Waals surface area contributed by atoms with Gasteiger partial charge in [0, 0.05) is 11.8 Å². The van der Waals surface area contributed by atoms with Crippen molar-refractivity contribution in [3.8, 4) is 5.75 Å². The van der Waals surface area contributed by atoms with Gasteiger partial charge in [0.2, 0.25) is 0 Å².